The summed E-state index contributed by atoms with van der Waals surface area (Å²) in [5.41, 5.74) is 6.88. The van der Waals surface area contributed by atoms with Crippen molar-refractivity contribution in [2.75, 3.05) is 19.0 Å². The first-order valence-electron chi connectivity index (χ1n) is 4.75. The molecular weight excluding hydrogens is 208 g/mol. The number of hydrogen-bond acceptors (Lipinski definition) is 4. The first kappa shape index (κ1) is 12.0. The average Bonchev–Trinajstić information content (AvgIpc) is 2.26. The fraction of sp³-hybridized carbons (Fsp3) is 0.273. The van der Waals surface area contributed by atoms with Crippen LogP contribution in [-0.4, -0.2) is 25.5 Å². The summed E-state index contributed by atoms with van der Waals surface area (Å²) in [7, 11) is 1.31. The van der Waals surface area contributed by atoms with Crippen LogP contribution in [0.3, 0.4) is 0 Å². The molecule has 5 heteroatoms. The van der Waals surface area contributed by atoms with Gasteiger partial charge in [0.2, 0.25) is 5.91 Å². The molecule has 16 heavy (non-hydrogen) atoms. The second kappa shape index (κ2) is 5.16. The number of ether oxygens (including phenoxy) is 1. The van der Waals surface area contributed by atoms with Crippen molar-refractivity contribution in [1.82, 2.24) is 0 Å². The van der Waals surface area contributed by atoms with Crippen LogP contribution in [0.1, 0.15) is 15.9 Å². The van der Waals surface area contributed by atoms with Gasteiger partial charge < -0.3 is 15.8 Å². The Morgan fingerprint density at radius 3 is 2.69 bits per heavy atom. The molecule has 86 valence electrons. The van der Waals surface area contributed by atoms with E-state index >= 15 is 0 Å². The Hall–Kier alpha value is -2.04. The van der Waals surface area contributed by atoms with E-state index in [1.54, 1.807) is 12.1 Å². The lowest BCUT2D eigenvalue weighted by atomic mass is 10.1. The molecule has 0 aliphatic rings. The number of aryl methyl sites for hydroxylation is 1. The van der Waals surface area contributed by atoms with Gasteiger partial charge in [-0.05, 0) is 19.1 Å². The zero-order valence-electron chi connectivity index (χ0n) is 9.24. The molecule has 0 aromatic heterocycles. The van der Waals surface area contributed by atoms with Gasteiger partial charge in [0.15, 0.2) is 0 Å². The maximum atomic E-state index is 11.5. The molecule has 0 fully saturated rings. The molecule has 1 rings (SSSR count). The number of nitrogens with two attached hydrogens (primary N) is 1. The fourth-order valence-electron chi connectivity index (χ4n) is 1.27. The molecular formula is C11H14N2O3. The molecule has 1 amide bonds. The standard InChI is InChI=1S/C11H14N2O3/c1-7-3-4-9(13-6-10(12)14)8(5-7)11(15)16-2/h3-5,13H,6H2,1-2H3,(H2,12,14). The van der Waals surface area contributed by atoms with E-state index in [1.807, 2.05) is 13.0 Å². The molecule has 0 spiro atoms. The van der Waals surface area contributed by atoms with Gasteiger partial charge in [0, 0.05) is 5.69 Å². The van der Waals surface area contributed by atoms with Crippen molar-refractivity contribution in [3.8, 4) is 0 Å². The molecule has 3 N–H and O–H groups in total. The Balaban J connectivity index is 2.98. The highest BCUT2D eigenvalue weighted by molar-refractivity contribution is 5.96. The van der Waals surface area contributed by atoms with Gasteiger partial charge in [-0.1, -0.05) is 11.6 Å². The van der Waals surface area contributed by atoms with Crippen LogP contribution in [0, 0.1) is 6.92 Å². The number of carbonyl (C=O) groups excluding carboxylic acids is 2. The molecule has 0 aliphatic carbocycles. The summed E-state index contributed by atoms with van der Waals surface area (Å²) in [4.78, 5) is 22.1. The lowest BCUT2D eigenvalue weighted by Gasteiger charge is -2.10. The van der Waals surface area contributed by atoms with Crippen molar-refractivity contribution in [3.63, 3.8) is 0 Å². The van der Waals surface area contributed by atoms with E-state index < -0.39 is 11.9 Å². The monoisotopic (exact) mass is 222 g/mol. The highest BCUT2D eigenvalue weighted by atomic mass is 16.5. The second-order valence-electron chi connectivity index (χ2n) is 3.36. The van der Waals surface area contributed by atoms with Crippen LogP contribution in [0.5, 0.6) is 0 Å². The van der Waals surface area contributed by atoms with Crippen LogP contribution < -0.4 is 11.1 Å². The lowest BCUT2D eigenvalue weighted by Crippen LogP contribution is -2.22. The molecule has 0 bridgehead atoms. The van der Waals surface area contributed by atoms with E-state index in [1.165, 1.54) is 7.11 Å². The van der Waals surface area contributed by atoms with Crippen LogP contribution in [0.4, 0.5) is 5.69 Å². The number of primary amides is 1. The van der Waals surface area contributed by atoms with Gasteiger partial charge in [0.1, 0.15) is 0 Å². The van der Waals surface area contributed by atoms with Crippen molar-refractivity contribution in [2.45, 2.75) is 6.92 Å². The molecule has 5 nitrogen and oxygen atoms in total. The maximum absolute atomic E-state index is 11.5. The molecule has 1 aromatic carbocycles. The minimum Gasteiger partial charge on any atom is -0.465 e. The molecule has 1 aromatic rings. The summed E-state index contributed by atoms with van der Waals surface area (Å²) < 4.78 is 4.64. The molecule has 0 unspecified atom stereocenters. The maximum Gasteiger partial charge on any atom is 0.339 e. The van der Waals surface area contributed by atoms with Gasteiger partial charge >= 0.3 is 5.97 Å². The van der Waals surface area contributed by atoms with Crippen LogP contribution >= 0.6 is 0 Å². The van der Waals surface area contributed by atoms with Gasteiger partial charge in [-0.15, -0.1) is 0 Å². The Morgan fingerprint density at radius 2 is 2.12 bits per heavy atom. The van der Waals surface area contributed by atoms with Crippen molar-refractivity contribution in [2.24, 2.45) is 5.73 Å². The van der Waals surface area contributed by atoms with Crippen LogP contribution in [-0.2, 0) is 9.53 Å². The predicted molar refractivity (Wildman–Crippen MR) is 60.2 cm³/mol. The molecule has 0 heterocycles. The number of nitrogens with one attached hydrogen (secondary N) is 1. The number of rotatable bonds is 4. The third kappa shape index (κ3) is 2.98. The number of esters is 1. The summed E-state index contributed by atoms with van der Waals surface area (Å²) >= 11 is 0. The van der Waals surface area contributed by atoms with Crippen molar-refractivity contribution < 1.29 is 14.3 Å². The number of methoxy groups -OCH3 is 1. The molecule has 0 aliphatic heterocycles. The topological polar surface area (TPSA) is 81.4 Å². The third-order valence-electron chi connectivity index (χ3n) is 2.03. The zero-order chi connectivity index (χ0) is 12.1. The second-order valence-corrected chi connectivity index (χ2v) is 3.36. The SMILES string of the molecule is COC(=O)c1cc(C)ccc1NCC(N)=O. The summed E-state index contributed by atoms with van der Waals surface area (Å²) in [5.74, 6) is -0.938. The largest absolute Gasteiger partial charge is 0.465 e. The molecule has 0 radical (unpaired) electrons. The third-order valence-corrected chi connectivity index (χ3v) is 2.03. The normalized spacial score (nSPS) is 9.62. The minimum atomic E-state index is -0.489. The smallest absolute Gasteiger partial charge is 0.339 e. The Bertz CT molecular complexity index is 416. The van der Waals surface area contributed by atoms with E-state index in [0.29, 0.717) is 11.3 Å². The Kier molecular flexibility index (Phi) is 3.88. The number of amides is 1. The molecule has 0 atom stereocenters. The van der Waals surface area contributed by atoms with Gasteiger partial charge in [-0.3, -0.25) is 4.79 Å². The summed E-state index contributed by atoms with van der Waals surface area (Å²) in [6, 6.07) is 5.23. The first-order chi connectivity index (χ1) is 7.54. The zero-order valence-corrected chi connectivity index (χ0v) is 9.24. The molecule has 0 saturated heterocycles. The number of anilines is 1. The summed E-state index contributed by atoms with van der Waals surface area (Å²) in [6.45, 7) is 1.84. The van der Waals surface area contributed by atoms with Crippen LogP contribution in [0.2, 0.25) is 0 Å². The minimum absolute atomic E-state index is 0.0208. The predicted octanol–water partition coefficient (Wildman–Crippen LogP) is 0.679. The van der Waals surface area contributed by atoms with Gasteiger partial charge in [-0.25, -0.2) is 4.79 Å². The van der Waals surface area contributed by atoms with E-state index in [0.717, 1.165) is 5.56 Å². The average molecular weight is 222 g/mol. The van der Waals surface area contributed by atoms with E-state index in [4.69, 9.17) is 5.73 Å². The van der Waals surface area contributed by atoms with Crippen molar-refractivity contribution in [1.29, 1.82) is 0 Å². The van der Waals surface area contributed by atoms with Crippen molar-refractivity contribution >= 4 is 17.6 Å². The van der Waals surface area contributed by atoms with Gasteiger partial charge in [0.25, 0.3) is 0 Å². The van der Waals surface area contributed by atoms with Gasteiger partial charge in [0.05, 0.1) is 19.2 Å². The van der Waals surface area contributed by atoms with Gasteiger partial charge in [-0.2, -0.15) is 0 Å². The Morgan fingerprint density at radius 1 is 1.44 bits per heavy atom. The summed E-state index contributed by atoms with van der Waals surface area (Å²) in [6.07, 6.45) is 0. The highest BCUT2D eigenvalue weighted by Gasteiger charge is 2.11. The van der Waals surface area contributed by atoms with E-state index in [9.17, 15) is 9.59 Å². The highest BCUT2D eigenvalue weighted by Crippen LogP contribution is 2.17. The fourth-order valence-corrected chi connectivity index (χ4v) is 1.27. The quantitative estimate of drug-likeness (QED) is 0.734. The lowest BCUT2D eigenvalue weighted by molar-refractivity contribution is -0.116. The number of benzene rings is 1. The van der Waals surface area contributed by atoms with Crippen LogP contribution in [0.25, 0.3) is 0 Å². The Labute approximate surface area is 93.6 Å². The van der Waals surface area contributed by atoms with E-state index in [-0.39, 0.29) is 6.54 Å². The van der Waals surface area contributed by atoms with Crippen molar-refractivity contribution in [3.05, 3.63) is 29.3 Å². The van der Waals surface area contributed by atoms with E-state index in [2.05, 4.69) is 10.1 Å². The van der Waals surface area contributed by atoms with Crippen LogP contribution in [0.15, 0.2) is 18.2 Å². The number of hydrogen-bond donors (Lipinski definition) is 2. The molecule has 0 saturated carbocycles. The number of carbonyl (C=O) groups is 2. The first-order valence-corrected chi connectivity index (χ1v) is 4.75. The summed E-state index contributed by atoms with van der Waals surface area (Å²) in [5, 5.41) is 2.78.